The van der Waals surface area contributed by atoms with Gasteiger partial charge in [0.2, 0.25) is 10.0 Å². The molecule has 110 valence electrons. The smallest absolute Gasteiger partial charge is 0.314 e. The summed E-state index contributed by atoms with van der Waals surface area (Å²) < 4.78 is 26.3. The summed E-state index contributed by atoms with van der Waals surface area (Å²) in [6, 6.07) is 5.53. The Bertz CT molecular complexity index is 588. The molecule has 0 aromatic heterocycles. The fourth-order valence-corrected chi connectivity index (χ4v) is 3.71. The molecule has 1 aromatic carbocycles. The number of halogens is 1. The van der Waals surface area contributed by atoms with E-state index in [1.54, 1.807) is 12.1 Å². The Morgan fingerprint density at radius 3 is 2.35 bits per heavy atom. The standard InChI is InChI=1S/C12H16ClN3O3S/c13-10-2-4-11(5-3-10)20(18,19)16-7-1-6-15(8-9-16)12(14)17/h2-5H,1,6-9H2,(H2,14,17). The summed E-state index contributed by atoms with van der Waals surface area (Å²) in [6.45, 7) is 1.40. The van der Waals surface area contributed by atoms with Gasteiger partial charge >= 0.3 is 6.03 Å². The predicted molar refractivity (Wildman–Crippen MR) is 76.0 cm³/mol. The summed E-state index contributed by atoms with van der Waals surface area (Å²) in [4.78, 5) is 12.8. The quantitative estimate of drug-likeness (QED) is 0.887. The molecular formula is C12H16ClN3O3S. The molecule has 1 heterocycles. The number of nitrogens with zero attached hydrogens (tertiary/aromatic N) is 2. The SMILES string of the molecule is NC(=O)N1CCCN(S(=O)(=O)c2ccc(Cl)cc2)CC1. The number of benzene rings is 1. The van der Waals surface area contributed by atoms with E-state index < -0.39 is 16.1 Å². The fourth-order valence-electron chi connectivity index (χ4n) is 2.11. The molecule has 6 nitrogen and oxygen atoms in total. The number of hydrogen-bond acceptors (Lipinski definition) is 3. The summed E-state index contributed by atoms with van der Waals surface area (Å²) in [5.41, 5.74) is 5.22. The van der Waals surface area contributed by atoms with Gasteiger partial charge in [0.1, 0.15) is 0 Å². The van der Waals surface area contributed by atoms with Gasteiger partial charge in [-0.05, 0) is 30.7 Å². The highest BCUT2D eigenvalue weighted by atomic mass is 35.5. The largest absolute Gasteiger partial charge is 0.351 e. The normalized spacial score (nSPS) is 17.8. The molecule has 0 atom stereocenters. The molecule has 0 saturated carbocycles. The molecule has 0 aliphatic carbocycles. The van der Waals surface area contributed by atoms with Gasteiger partial charge in [0.15, 0.2) is 0 Å². The van der Waals surface area contributed by atoms with Crippen LogP contribution >= 0.6 is 11.6 Å². The molecule has 1 saturated heterocycles. The van der Waals surface area contributed by atoms with Crippen molar-refractivity contribution in [2.24, 2.45) is 5.73 Å². The lowest BCUT2D eigenvalue weighted by Gasteiger charge is -2.20. The van der Waals surface area contributed by atoms with Crippen molar-refractivity contribution >= 4 is 27.7 Å². The Morgan fingerprint density at radius 1 is 1.10 bits per heavy atom. The van der Waals surface area contributed by atoms with Crippen LogP contribution in [0.3, 0.4) is 0 Å². The van der Waals surface area contributed by atoms with E-state index in [2.05, 4.69) is 0 Å². The van der Waals surface area contributed by atoms with Crippen LogP contribution in [-0.4, -0.2) is 49.8 Å². The summed E-state index contributed by atoms with van der Waals surface area (Å²) >= 11 is 5.76. The van der Waals surface area contributed by atoms with Crippen LogP contribution in [0.1, 0.15) is 6.42 Å². The van der Waals surface area contributed by atoms with Gasteiger partial charge in [-0.2, -0.15) is 4.31 Å². The van der Waals surface area contributed by atoms with Crippen LogP contribution in [0.4, 0.5) is 4.79 Å². The Balaban J connectivity index is 2.18. The highest BCUT2D eigenvalue weighted by Gasteiger charge is 2.27. The number of sulfonamides is 1. The molecule has 1 fully saturated rings. The third-order valence-electron chi connectivity index (χ3n) is 3.22. The second-order valence-corrected chi connectivity index (χ2v) is 6.91. The van der Waals surface area contributed by atoms with E-state index in [1.165, 1.54) is 21.3 Å². The Morgan fingerprint density at radius 2 is 1.75 bits per heavy atom. The van der Waals surface area contributed by atoms with Crippen molar-refractivity contribution in [3.63, 3.8) is 0 Å². The van der Waals surface area contributed by atoms with E-state index in [0.29, 0.717) is 31.1 Å². The van der Waals surface area contributed by atoms with Gasteiger partial charge < -0.3 is 10.6 Å². The molecule has 0 bridgehead atoms. The molecule has 1 aliphatic heterocycles. The second kappa shape index (κ2) is 5.99. The molecule has 8 heteroatoms. The van der Waals surface area contributed by atoms with Gasteiger partial charge in [0, 0.05) is 31.2 Å². The van der Waals surface area contributed by atoms with Crippen LogP contribution in [0.5, 0.6) is 0 Å². The molecule has 20 heavy (non-hydrogen) atoms. The first kappa shape index (κ1) is 15.1. The van der Waals surface area contributed by atoms with Gasteiger partial charge in [-0.1, -0.05) is 11.6 Å². The maximum atomic E-state index is 12.5. The van der Waals surface area contributed by atoms with Crippen molar-refractivity contribution in [3.05, 3.63) is 29.3 Å². The topological polar surface area (TPSA) is 83.7 Å². The van der Waals surface area contributed by atoms with Crippen molar-refractivity contribution in [1.29, 1.82) is 0 Å². The van der Waals surface area contributed by atoms with Gasteiger partial charge in [-0.25, -0.2) is 13.2 Å². The lowest BCUT2D eigenvalue weighted by molar-refractivity contribution is 0.210. The Kier molecular flexibility index (Phi) is 4.52. The molecule has 2 rings (SSSR count). The summed E-state index contributed by atoms with van der Waals surface area (Å²) in [6.07, 6.45) is 0.565. The molecule has 2 N–H and O–H groups in total. The number of nitrogens with two attached hydrogens (primary N) is 1. The molecule has 1 aromatic rings. The number of urea groups is 1. The van der Waals surface area contributed by atoms with E-state index in [0.717, 1.165) is 0 Å². The molecule has 0 unspecified atom stereocenters. The zero-order chi connectivity index (χ0) is 14.8. The van der Waals surface area contributed by atoms with Crippen LogP contribution in [0.25, 0.3) is 0 Å². The van der Waals surface area contributed by atoms with Gasteiger partial charge in [-0.3, -0.25) is 0 Å². The average Bonchev–Trinajstić information content (AvgIpc) is 2.65. The van der Waals surface area contributed by atoms with Crippen molar-refractivity contribution in [2.45, 2.75) is 11.3 Å². The maximum Gasteiger partial charge on any atom is 0.314 e. The number of rotatable bonds is 2. The third kappa shape index (κ3) is 3.23. The lowest BCUT2D eigenvalue weighted by atomic mass is 10.4. The van der Waals surface area contributed by atoms with Crippen molar-refractivity contribution in [1.82, 2.24) is 9.21 Å². The first-order valence-corrected chi connectivity index (χ1v) is 8.03. The highest BCUT2D eigenvalue weighted by Crippen LogP contribution is 2.19. The van der Waals surface area contributed by atoms with Gasteiger partial charge in [-0.15, -0.1) is 0 Å². The number of carbonyl (C=O) groups is 1. The Labute approximate surface area is 123 Å². The zero-order valence-electron chi connectivity index (χ0n) is 10.8. The molecule has 2 amide bonds. The van der Waals surface area contributed by atoms with E-state index in [9.17, 15) is 13.2 Å². The van der Waals surface area contributed by atoms with Crippen LogP contribution in [-0.2, 0) is 10.0 Å². The molecular weight excluding hydrogens is 302 g/mol. The minimum atomic E-state index is -3.56. The first-order valence-electron chi connectivity index (χ1n) is 6.21. The van der Waals surface area contributed by atoms with Crippen molar-refractivity contribution < 1.29 is 13.2 Å². The van der Waals surface area contributed by atoms with Crippen LogP contribution < -0.4 is 5.73 Å². The lowest BCUT2D eigenvalue weighted by Crippen LogP contribution is -2.39. The fraction of sp³-hybridized carbons (Fsp3) is 0.417. The van der Waals surface area contributed by atoms with Crippen LogP contribution in [0, 0.1) is 0 Å². The van der Waals surface area contributed by atoms with Crippen molar-refractivity contribution in [3.8, 4) is 0 Å². The molecule has 1 aliphatic rings. The first-order chi connectivity index (χ1) is 9.41. The van der Waals surface area contributed by atoms with E-state index in [1.807, 2.05) is 0 Å². The van der Waals surface area contributed by atoms with E-state index in [-0.39, 0.29) is 11.4 Å². The summed E-state index contributed by atoms with van der Waals surface area (Å²) in [5, 5.41) is 0.486. The second-order valence-electron chi connectivity index (χ2n) is 4.54. The van der Waals surface area contributed by atoms with Crippen LogP contribution in [0.2, 0.25) is 5.02 Å². The number of amides is 2. The van der Waals surface area contributed by atoms with Crippen molar-refractivity contribution in [2.75, 3.05) is 26.2 Å². The third-order valence-corrected chi connectivity index (χ3v) is 5.38. The minimum Gasteiger partial charge on any atom is -0.351 e. The average molecular weight is 318 g/mol. The number of primary amides is 1. The summed E-state index contributed by atoms with van der Waals surface area (Å²) in [7, 11) is -3.56. The zero-order valence-corrected chi connectivity index (χ0v) is 12.4. The highest BCUT2D eigenvalue weighted by molar-refractivity contribution is 7.89. The predicted octanol–water partition coefficient (Wildman–Crippen LogP) is 1.12. The van der Waals surface area contributed by atoms with Gasteiger partial charge in [0.05, 0.1) is 4.90 Å². The van der Waals surface area contributed by atoms with E-state index >= 15 is 0 Å². The molecule has 0 radical (unpaired) electrons. The monoisotopic (exact) mass is 317 g/mol. The minimum absolute atomic E-state index is 0.203. The Hall–Kier alpha value is -1.31. The maximum absolute atomic E-state index is 12.5. The summed E-state index contributed by atoms with van der Waals surface area (Å²) in [5.74, 6) is 0. The number of hydrogen-bond donors (Lipinski definition) is 1. The number of carbonyl (C=O) groups excluding carboxylic acids is 1. The van der Waals surface area contributed by atoms with Gasteiger partial charge in [0.25, 0.3) is 0 Å². The van der Waals surface area contributed by atoms with Crippen LogP contribution in [0.15, 0.2) is 29.2 Å². The van der Waals surface area contributed by atoms with E-state index in [4.69, 9.17) is 17.3 Å². The molecule has 0 spiro atoms.